The number of hydrogen-bond acceptors (Lipinski definition) is 5. The van der Waals surface area contributed by atoms with Gasteiger partial charge in [-0.3, -0.25) is 4.79 Å². The van der Waals surface area contributed by atoms with E-state index in [-0.39, 0.29) is 11.6 Å². The normalized spacial score (nSPS) is 17.4. The van der Waals surface area contributed by atoms with Crippen LogP contribution in [0.3, 0.4) is 0 Å². The smallest absolute Gasteiger partial charge is 0.258 e. The quantitative estimate of drug-likeness (QED) is 0.603. The van der Waals surface area contributed by atoms with Gasteiger partial charge >= 0.3 is 0 Å². The van der Waals surface area contributed by atoms with E-state index in [4.69, 9.17) is 4.98 Å². The summed E-state index contributed by atoms with van der Waals surface area (Å²) in [6, 6.07) is 9.48. The maximum atomic E-state index is 12.5. The number of benzene rings is 1. The molecule has 4 aromatic rings. The number of rotatable bonds is 2. The minimum atomic E-state index is -0.0937. The first-order valence-electron chi connectivity index (χ1n) is 8.77. The second kappa shape index (κ2) is 5.66. The zero-order valence-corrected chi connectivity index (χ0v) is 14.4. The van der Waals surface area contributed by atoms with Gasteiger partial charge in [-0.25, -0.2) is 14.5 Å². The van der Waals surface area contributed by atoms with Crippen LogP contribution in [0.15, 0.2) is 47.5 Å². The minimum Gasteiger partial charge on any atom is -0.345 e. The number of aromatic nitrogens is 5. The van der Waals surface area contributed by atoms with Crippen molar-refractivity contribution < 1.29 is 0 Å². The Balaban J connectivity index is 1.64. The molecule has 3 aromatic heterocycles. The summed E-state index contributed by atoms with van der Waals surface area (Å²) in [6.07, 6.45) is 5.57. The highest BCUT2D eigenvalue weighted by Gasteiger charge is 2.30. The molecule has 1 aliphatic heterocycles. The molecule has 4 heterocycles. The van der Waals surface area contributed by atoms with Crippen molar-refractivity contribution in [1.82, 2.24) is 24.6 Å². The molecular formula is C19H18N6O. The molecule has 0 bridgehead atoms. The largest absolute Gasteiger partial charge is 0.345 e. The summed E-state index contributed by atoms with van der Waals surface area (Å²) >= 11 is 0. The van der Waals surface area contributed by atoms with E-state index in [2.05, 4.69) is 20.0 Å². The second-order valence-corrected chi connectivity index (χ2v) is 6.69. The van der Waals surface area contributed by atoms with E-state index in [0.717, 1.165) is 41.9 Å². The highest BCUT2D eigenvalue weighted by Crippen LogP contribution is 2.35. The summed E-state index contributed by atoms with van der Waals surface area (Å²) in [5, 5.41) is 5.09. The van der Waals surface area contributed by atoms with E-state index in [1.54, 1.807) is 12.3 Å². The number of anilines is 1. The average Bonchev–Trinajstić information content (AvgIpc) is 3.27. The fourth-order valence-electron chi connectivity index (χ4n) is 3.82. The van der Waals surface area contributed by atoms with Crippen LogP contribution < -0.4 is 10.5 Å². The monoisotopic (exact) mass is 346 g/mol. The molecule has 1 unspecified atom stereocenters. The van der Waals surface area contributed by atoms with Crippen LogP contribution in [-0.2, 0) is 0 Å². The fourth-order valence-corrected chi connectivity index (χ4v) is 3.82. The van der Waals surface area contributed by atoms with Gasteiger partial charge in [0.2, 0.25) is 0 Å². The summed E-state index contributed by atoms with van der Waals surface area (Å²) in [6.45, 7) is 2.85. The van der Waals surface area contributed by atoms with Gasteiger partial charge in [-0.05, 0) is 38.0 Å². The lowest BCUT2D eigenvalue weighted by molar-refractivity contribution is 0.661. The lowest BCUT2D eigenvalue weighted by Gasteiger charge is -2.25. The molecule has 7 nitrogen and oxygen atoms in total. The van der Waals surface area contributed by atoms with Crippen molar-refractivity contribution in [3.05, 3.63) is 64.6 Å². The molecule has 0 aliphatic carbocycles. The number of nitrogens with zero attached hydrogens (tertiary/aromatic N) is 5. The van der Waals surface area contributed by atoms with Gasteiger partial charge in [0.25, 0.3) is 5.56 Å². The minimum absolute atomic E-state index is 0.00112. The number of fused-ring (bicyclic) bond motifs is 2. The Bertz CT molecular complexity index is 1180. The Morgan fingerprint density at radius 2 is 2.15 bits per heavy atom. The first-order chi connectivity index (χ1) is 12.7. The molecule has 0 spiro atoms. The van der Waals surface area contributed by atoms with Gasteiger partial charge in [-0.1, -0.05) is 12.1 Å². The van der Waals surface area contributed by atoms with Crippen molar-refractivity contribution in [1.29, 1.82) is 0 Å². The van der Waals surface area contributed by atoms with Crippen LogP contribution in [0.5, 0.6) is 0 Å². The lowest BCUT2D eigenvalue weighted by Crippen LogP contribution is -2.27. The summed E-state index contributed by atoms with van der Waals surface area (Å²) < 4.78 is 1.85. The Morgan fingerprint density at radius 1 is 1.27 bits per heavy atom. The van der Waals surface area contributed by atoms with Gasteiger partial charge < -0.3 is 9.88 Å². The third kappa shape index (κ3) is 2.28. The molecule has 1 fully saturated rings. The van der Waals surface area contributed by atoms with Crippen LogP contribution in [0.2, 0.25) is 0 Å². The number of para-hydroxylation sites is 1. The van der Waals surface area contributed by atoms with E-state index in [0.29, 0.717) is 11.2 Å². The number of aryl methyl sites for hydroxylation is 1. The van der Waals surface area contributed by atoms with Crippen molar-refractivity contribution in [3.8, 4) is 0 Å². The molecule has 0 radical (unpaired) electrons. The Morgan fingerprint density at radius 3 is 3.08 bits per heavy atom. The summed E-state index contributed by atoms with van der Waals surface area (Å²) in [5.74, 6) is 1.58. The molecule has 1 aliphatic rings. The Labute approximate surface area is 149 Å². The van der Waals surface area contributed by atoms with E-state index >= 15 is 0 Å². The maximum absolute atomic E-state index is 12.5. The van der Waals surface area contributed by atoms with Crippen LogP contribution in [0.25, 0.3) is 16.4 Å². The number of aromatic amines is 1. The van der Waals surface area contributed by atoms with Crippen molar-refractivity contribution in [2.45, 2.75) is 25.8 Å². The molecular weight excluding hydrogens is 328 g/mol. The zero-order valence-electron chi connectivity index (χ0n) is 14.4. The Kier molecular flexibility index (Phi) is 3.28. The third-order valence-corrected chi connectivity index (χ3v) is 4.96. The molecule has 0 amide bonds. The Hall–Kier alpha value is -3.22. The zero-order chi connectivity index (χ0) is 17.7. The molecule has 130 valence electrons. The number of H-pyrrole nitrogens is 1. The lowest BCUT2D eigenvalue weighted by atomic mass is 10.2. The highest BCUT2D eigenvalue weighted by atomic mass is 16.1. The molecule has 1 aromatic carbocycles. The van der Waals surface area contributed by atoms with Gasteiger partial charge in [-0.2, -0.15) is 5.10 Å². The van der Waals surface area contributed by atoms with Crippen molar-refractivity contribution in [2.75, 3.05) is 11.4 Å². The van der Waals surface area contributed by atoms with E-state index < -0.39 is 0 Å². The van der Waals surface area contributed by atoms with Crippen LogP contribution in [0.4, 0.5) is 5.82 Å². The van der Waals surface area contributed by atoms with Crippen molar-refractivity contribution in [3.63, 3.8) is 0 Å². The van der Waals surface area contributed by atoms with Gasteiger partial charge in [-0.15, -0.1) is 0 Å². The third-order valence-electron chi connectivity index (χ3n) is 4.96. The predicted molar refractivity (Wildman–Crippen MR) is 99.4 cm³/mol. The summed E-state index contributed by atoms with van der Waals surface area (Å²) in [5.41, 5.74) is 2.56. The predicted octanol–water partition coefficient (Wildman–Crippen LogP) is 2.62. The topological polar surface area (TPSA) is 79.2 Å². The molecule has 1 N–H and O–H groups in total. The fraction of sp³-hybridized carbons (Fsp3) is 0.263. The van der Waals surface area contributed by atoms with E-state index in [9.17, 15) is 4.79 Å². The molecule has 1 atom stereocenters. The maximum Gasteiger partial charge on any atom is 0.258 e. The number of hydrogen-bond donors (Lipinski definition) is 1. The first kappa shape index (κ1) is 15.1. The first-order valence-corrected chi connectivity index (χ1v) is 8.77. The molecule has 5 rings (SSSR count). The van der Waals surface area contributed by atoms with E-state index in [1.165, 1.54) is 0 Å². The standard InChI is InChI=1S/C19H18N6O/c1-12-11-16-18(20-8-10-25(16)23-12)24-9-4-7-15(24)17-21-14-6-3-2-5-13(14)19(26)22-17/h2-3,5-6,8,10-11,15H,4,7,9H2,1H3,(H,21,22,26). The van der Waals surface area contributed by atoms with Gasteiger partial charge in [0.1, 0.15) is 11.3 Å². The highest BCUT2D eigenvalue weighted by molar-refractivity contribution is 5.77. The van der Waals surface area contributed by atoms with Gasteiger partial charge in [0, 0.05) is 18.9 Å². The SMILES string of the molecule is Cc1cc2c(N3CCCC3c3nc4ccccc4c(=O)[nH]3)nccn2n1. The van der Waals surface area contributed by atoms with Crippen molar-refractivity contribution in [2.24, 2.45) is 0 Å². The van der Waals surface area contributed by atoms with Gasteiger partial charge in [0.05, 0.1) is 22.6 Å². The summed E-state index contributed by atoms with van der Waals surface area (Å²) in [4.78, 5) is 27.0. The molecule has 0 saturated carbocycles. The second-order valence-electron chi connectivity index (χ2n) is 6.69. The van der Waals surface area contributed by atoms with Crippen LogP contribution in [0, 0.1) is 6.92 Å². The average molecular weight is 346 g/mol. The van der Waals surface area contributed by atoms with E-state index in [1.807, 2.05) is 41.9 Å². The van der Waals surface area contributed by atoms with Crippen LogP contribution in [-0.4, -0.2) is 31.1 Å². The number of nitrogens with one attached hydrogen (secondary N) is 1. The molecule has 26 heavy (non-hydrogen) atoms. The van der Waals surface area contributed by atoms with Crippen molar-refractivity contribution >= 4 is 22.2 Å². The van der Waals surface area contributed by atoms with Crippen LogP contribution >= 0.6 is 0 Å². The molecule has 1 saturated heterocycles. The van der Waals surface area contributed by atoms with Crippen LogP contribution in [0.1, 0.15) is 30.4 Å². The summed E-state index contributed by atoms with van der Waals surface area (Å²) in [7, 11) is 0. The molecule has 7 heteroatoms. The van der Waals surface area contributed by atoms with Gasteiger partial charge in [0.15, 0.2) is 5.82 Å².